The number of aromatic nitrogens is 2. The molecule has 0 spiro atoms. The van der Waals surface area contributed by atoms with Gasteiger partial charge in [0.25, 0.3) is 0 Å². The number of hydrogen-bond acceptors (Lipinski definition) is 4. The standard InChI is InChI=1S/C18H13Cl4N3S/c1-10-8-23-18(26-9-11-2-3-12(19)6-15(11)21)25-17(10)24-13-4-5-14(20)16(22)7-13/h2-8H,9H2,1H3,(H,23,24,25). The summed E-state index contributed by atoms with van der Waals surface area (Å²) < 4.78 is 0. The van der Waals surface area contributed by atoms with E-state index in [1.54, 1.807) is 24.4 Å². The molecule has 2 aromatic carbocycles. The topological polar surface area (TPSA) is 37.8 Å². The first-order valence-electron chi connectivity index (χ1n) is 7.55. The number of aryl methyl sites for hydroxylation is 1. The average molecular weight is 445 g/mol. The highest BCUT2D eigenvalue weighted by molar-refractivity contribution is 7.98. The summed E-state index contributed by atoms with van der Waals surface area (Å²) in [6, 6.07) is 10.8. The van der Waals surface area contributed by atoms with Gasteiger partial charge in [-0.3, -0.25) is 0 Å². The third kappa shape index (κ3) is 4.96. The van der Waals surface area contributed by atoms with Crippen molar-refractivity contribution in [2.75, 3.05) is 5.32 Å². The first kappa shape index (κ1) is 19.6. The number of hydrogen-bond donors (Lipinski definition) is 1. The summed E-state index contributed by atoms with van der Waals surface area (Å²) in [5.74, 6) is 1.36. The lowest BCUT2D eigenvalue weighted by Gasteiger charge is -2.11. The van der Waals surface area contributed by atoms with Crippen molar-refractivity contribution in [2.24, 2.45) is 0 Å². The van der Waals surface area contributed by atoms with Crippen LogP contribution in [-0.4, -0.2) is 9.97 Å². The van der Waals surface area contributed by atoms with Gasteiger partial charge >= 0.3 is 0 Å². The third-order valence-corrected chi connectivity index (χ3v) is 5.74. The molecule has 3 rings (SSSR count). The van der Waals surface area contributed by atoms with Crippen LogP contribution in [0.25, 0.3) is 0 Å². The van der Waals surface area contributed by atoms with Crippen LogP contribution in [0.5, 0.6) is 0 Å². The number of benzene rings is 2. The Morgan fingerprint density at radius 1 is 0.962 bits per heavy atom. The van der Waals surface area contributed by atoms with Gasteiger partial charge in [-0.15, -0.1) is 0 Å². The molecule has 0 saturated carbocycles. The van der Waals surface area contributed by atoms with E-state index in [0.29, 0.717) is 36.8 Å². The molecule has 0 atom stereocenters. The molecule has 0 fully saturated rings. The van der Waals surface area contributed by atoms with Gasteiger partial charge in [0.15, 0.2) is 5.16 Å². The summed E-state index contributed by atoms with van der Waals surface area (Å²) in [5, 5.41) is 6.12. The van der Waals surface area contributed by atoms with Gasteiger partial charge in [-0.1, -0.05) is 64.2 Å². The first-order chi connectivity index (χ1) is 12.4. The molecule has 3 nitrogen and oxygen atoms in total. The van der Waals surface area contributed by atoms with Crippen molar-refractivity contribution in [3.8, 4) is 0 Å². The van der Waals surface area contributed by atoms with Crippen LogP contribution in [0, 0.1) is 6.92 Å². The van der Waals surface area contributed by atoms with Crippen LogP contribution in [0.3, 0.4) is 0 Å². The molecule has 0 aliphatic rings. The summed E-state index contributed by atoms with van der Waals surface area (Å²) in [4.78, 5) is 8.95. The lowest BCUT2D eigenvalue weighted by Crippen LogP contribution is -1.99. The molecule has 1 N–H and O–H groups in total. The van der Waals surface area contributed by atoms with Crippen LogP contribution in [0.15, 0.2) is 47.8 Å². The highest BCUT2D eigenvalue weighted by Crippen LogP contribution is 2.30. The van der Waals surface area contributed by atoms with Crippen molar-refractivity contribution >= 4 is 69.7 Å². The number of halogens is 4. The zero-order valence-electron chi connectivity index (χ0n) is 13.6. The predicted molar refractivity (Wildman–Crippen MR) is 113 cm³/mol. The molecule has 1 heterocycles. The van der Waals surface area contributed by atoms with Crippen LogP contribution >= 0.6 is 58.2 Å². The molecule has 0 aliphatic heterocycles. The van der Waals surface area contributed by atoms with Crippen molar-refractivity contribution < 1.29 is 0 Å². The van der Waals surface area contributed by atoms with Gasteiger partial charge < -0.3 is 5.32 Å². The number of nitrogens with one attached hydrogen (secondary N) is 1. The lowest BCUT2D eigenvalue weighted by atomic mass is 10.2. The van der Waals surface area contributed by atoms with E-state index in [9.17, 15) is 0 Å². The maximum atomic E-state index is 6.21. The second-order valence-electron chi connectivity index (χ2n) is 5.46. The molecule has 0 aliphatic carbocycles. The Hall–Kier alpha value is -1.17. The Morgan fingerprint density at radius 3 is 2.50 bits per heavy atom. The molecule has 1 aromatic heterocycles. The highest BCUT2D eigenvalue weighted by Gasteiger charge is 2.08. The smallest absolute Gasteiger partial charge is 0.189 e. The fourth-order valence-corrected chi connectivity index (χ4v) is 3.79. The van der Waals surface area contributed by atoms with Gasteiger partial charge in [-0.2, -0.15) is 0 Å². The molecular weight excluding hydrogens is 432 g/mol. The Bertz CT molecular complexity index is 950. The molecule has 0 amide bonds. The van der Waals surface area contributed by atoms with Crippen LogP contribution in [0.2, 0.25) is 20.1 Å². The van der Waals surface area contributed by atoms with Crippen LogP contribution in [0.1, 0.15) is 11.1 Å². The van der Waals surface area contributed by atoms with Crippen molar-refractivity contribution in [3.05, 3.63) is 73.8 Å². The van der Waals surface area contributed by atoms with E-state index in [0.717, 1.165) is 16.8 Å². The van der Waals surface area contributed by atoms with Gasteiger partial charge in [-0.25, -0.2) is 9.97 Å². The number of nitrogens with zero attached hydrogens (tertiary/aromatic N) is 2. The van der Waals surface area contributed by atoms with E-state index in [-0.39, 0.29) is 0 Å². The van der Waals surface area contributed by atoms with Crippen molar-refractivity contribution in [1.29, 1.82) is 0 Å². The van der Waals surface area contributed by atoms with Crippen LogP contribution in [0.4, 0.5) is 11.5 Å². The van der Waals surface area contributed by atoms with Gasteiger partial charge in [-0.05, 0) is 42.8 Å². The monoisotopic (exact) mass is 443 g/mol. The minimum Gasteiger partial charge on any atom is -0.340 e. The lowest BCUT2D eigenvalue weighted by molar-refractivity contribution is 0.955. The SMILES string of the molecule is Cc1cnc(SCc2ccc(Cl)cc2Cl)nc1Nc1ccc(Cl)c(Cl)c1. The molecule has 134 valence electrons. The minimum atomic E-state index is 0.482. The molecule has 3 aromatic rings. The van der Waals surface area contributed by atoms with E-state index in [4.69, 9.17) is 46.4 Å². The quantitative estimate of drug-likeness (QED) is 0.327. The maximum Gasteiger partial charge on any atom is 0.189 e. The largest absolute Gasteiger partial charge is 0.340 e. The van der Waals surface area contributed by atoms with E-state index in [1.807, 2.05) is 25.1 Å². The summed E-state index contributed by atoms with van der Waals surface area (Å²) in [6.45, 7) is 1.93. The Morgan fingerprint density at radius 2 is 1.77 bits per heavy atom. The van der Waals surface area contributed by atoms with E-state index in [2.05, 4.69) is 15.3 Å². The minimum absolute atomic E-state index is 0.482. The summed E-state index contributed by atoms with van der Waals surface area (Å²) in [6.07, 6.45) is 1.78. The fraction of sp³-hybridized carbons (Fsp3) is 0.111. The zero-order chi connectivity index (χ0) is 18.7. The molecule has 0 bridgehead atoms. The highest BCUT2D eigenvalue weighted by atomic mass is 35.5. The van der Waals surface area contributed by atoms with Gasteiger partial charge in [0, 0.05) is 33.2 Å². The second-order valence-corrected chi connectivity index (χ2v) is 8.06. The number of thioether (sulfide) groups is 1. The molecule has 8 heteroatoms. The van der Waals surface area contributed by atoms with E-state index in [1.165, 1.54) is 11.8 Å². The fourth-order valence-electron chi connectivity index (χ4n) is 2.11. The van der Waals surface area contributed by atoms with Gasteiger partial charge in [0.1, 0.15) is 5.82 Å². The van der Waals surface area contributed by atoms with Crippen molar-refractivity contribution in [2.45, 2.75) is 17.8 Å². The number of rotatable bonds is 5. The van der Waals surface area contributed by atoms with Crippen molar-refractivity contribution in [3.63, 3.8) is 0 Å². The van der Waals surface area contributed by atoms with E-state index >= 15 is 0 Å². The average Bonchev–Trinajstić information content (AvgIpc) is 2.60. The van der Waals surface area contributed by atoms with Crippen LogP contribution in [-0.2, 0) is 5.75 Å². The van der Waals surface area contributed by atoms with Gasteiger partial charge in [0.05, 0.1) is 10.0 Å². The molecule has 26 heavy (non-hydrogen) atoms. The Labute approximate surface area is 176 Å². The summed E-state index contributed by atoms with van der Waals surface area (Å²) in [5.41, 5.74) is 2.70. The molecular formula is C18H13Cl4N3S. The van der Waals surface area contributed by atoms with Gasteiger partial charge in [0.2, 0.25) is 0 Å². The maximum absolute atomic E-state index is 6.21. The normalized spacial score (nSPS) is 10.8. The summed E-state index contributed by atoms with van der Waals surface area (Å²) >= 11 is 25.7. The third-order valence-electron chi connectivity index (χ3n) is 3.50. The van der Waals surface area contributed by atoms with Crippen molar-refractivity contribution in [1.82, 2.24) is 9.97 Å². The number of anilines is 2. The predicted octanol–water partition coefficient (Wildman–Crippen LogP) is 7.43. The van der Waals surface area contributed by atoms with E-state index < -0.39 is 0 Å². The molecule has 0 unspecified atom stereocenters. The van der Waals surface area contributed by atoms with Crippen LogP contribution < -0.4 is 5.32 Å². The summed E-state index contributed by atoms with van der Waals surface area (Å²) in [7, 11) is 0. The zero-order valence-corrected chi connectivity index (χ0v) is 17.4. The molecule has 0 radical (unpaired) electrons. The molecule has 0 saturated heterocycles. The first-order valence-corrected chi connectivity index (χ1v) is 10.0. The Kier molecular flexibility index (Phi) is 6.54. The Balaban J connectivity index is 1.75. The second kappa shape index (κ2) is 8.68.